The zero-order chi connectivity index (χ0) is 9.82. The average molecular weight is 195 g/mol. The zero-order valence-electron chi connectivity index (χ0n) is 10.1. The number of hydrogen-bond acceptors (Lipinski definition) is 0. The molecule has 0 atom stereocenters. The Balaban J connectivity index is -0.000000173. The second-order valence-corrected chi connectivity index (χ2v) is 3.56. The van der Waals surface area contributed by atoms with E-state index in [1.807, 2.05) is 0 Å². The van der Waals surface area contributed by atoms with Crippen LogP contribution in [0, 0.1) is 19.3 Å². The molecule has 0 amide bonds. The van der Waals surface area contributed by atoms with Crippen LogP contribution in [0.5, 0.6) is 0 Å². The van der Waals surface area contributed by atoms with Crippen LogP contribution in [0.15, 0.2) is 0 Å². The van der Waals surface area contributed by atoms with Crippen LogP contribution in [0.3, 0.4) is 0 Å². The molecule has 0 spiro atoms. The zero-order valence-corrected chi connectivity index (χ0v) is 11.5. The molecule has 0 aliphatic rings. The SMILES string of the molecule is C[CH-]CC.[CH2-]CCCCC(C)C.[Mg+2]. The Morgan fingerprint density at radius 1 is 1.23 bits per heavy atom. The first kappa shape index (κ1) is 19.4. The minimum Gasteiger partial charge on any atom is -0.343 e. The van der Waals surface area contributed by atoms with Gasteiger partial charge in [-0.05, 0) is 5.92 Å². The average Bonchev–Trinajstić information content (AvgIpc) is 2.05. The number of unbranched alkanes of at least 4 members (excludes halogenated alkanes) is 3. The minimum absolute atomic E-state index is 0. The van der Waals surface area contributed by atoms with Crippen molar-refractivity contribution >= 4 is 23.1 Å². The van der Waals surface area contributed by atoms with Crippen molar-refractivity contribution in [2.75, 3.05) is 0 Å². The van der Waals surface area contributed by atoms with Gasteiger partial charge in [-0.3, -0.25) is 0 Å². The first-order valence-corrected chi connectivity index (χ1v) is 5.26. The molecule has 0 aromatic rings. The van der Waals surface area contributed by atoms with Gasteiger partial charge >= 0.3 is 23.1 Å². The molecule has 0 saturated carbocycles. The summed E-state index contributed by atoms with van der Waals surface area (Å²) in [5.74, 6) is 0.876. The van der Waals surface area contributed by atoms with Gasteiger partial charge in [-0.2, -0.15) is 19.8 Å². The summed E-state index contributed by atoms with van der Waals surface area (Å²) < 4.78 is 0. The Labute approximate surface area is 102 Å². The van der Waals surface area contributed by atoms with Gasteiger partial charge in [-0.1, -0.05) is 40.0 Å². The molecule has 13 heavy (non-hydrogen) atoms. The third-order valence-corrected chi connectivity index (χ3v) is 1.69. The van der Waals surface area contributed by atoms with Crippen LogP contribution in [0.4, 0.5) is 0 Å². The Morgan fingerprint density at radius 3 is 1.92 bits per heavy atom. The molecule has 0 aromatic heterocycles. The van der Waals surface area contributed by atoms with Crippen molar-refractivity contribution in [2.45, 2.75) is 59.8 Å². The van der Waals surface area contributed by atoms with Crippen LogP contribution in [0.2, 0.25) is 0 Å². The monoisotopic (exact) mass is 194 g/mol. The molecule has 0 aromatic carbocycles. The van der Waals surface area contributed by atoms with E-state index in [4.69, 9.17) is 0 Å². The van der Waals surface area contributed by atoms with Crippen LogP contribution in [-0.2, 0) is 0 Å². The quantitative estimate of drug-likeness (QED) is 0.348. The molecule has 0 radical (unpaired) electrons. The van der Waals surface area contributed by atoms with Crippen molar-refractivity contribution < 1.29 is 0 Å². The van der Waals surface area contributed by atoms with Gasteiger partial charge in [0.1, 0.15) is 0 Å². The van der Waals surface area contributed by atoms with E-state index < -0.39 is 0 Å². The normalized spacial score (nSPS) is 8.77. The standard InChI is InChI=1S/C8H17.C4H9.Mg/c1-4-5-6-7-8(2)3;1-3-4-2;/h8H,1,4-7H2,2-3H3;3H,4H2,1-2H3;/q2*-1;+2. The van der Waals surface area contributed by atoms with Crippen LogP contribution in [-0.4, -0.2) is 23.1 Å². The predicted octanol–water partition coefficient (Wildman–Crippen LogP) is 4.28. The Hall–Kier alpha value is 0.766. The molecule has 76 valence electrons. The van der Waals surface area contributed by atoms with Crippen molar-refractivity contribution in [1.82, 2.24) is 0 Å². The maximum atomic E-state index is 3.78. The summed E-state index contributed by atoms with van der Waals surface area (Å²) in [6.07, 6.45) is 8.46. The van der Waals surface area contributed by atoms with Crippen LogP contribution < -0.4 is 0 Å². The van der Waals surface area contributed by atoms with E-state index in [2.05, 4.69) is 41.0 Å². The fraction of sp³-hybridized carbons (Fsp3) is 0.833. The van der Waals surface area contributed by atoms with Crippen molar-refractivity contribution in [3.63, 3.8) is 0 Å². The maximum absolute atomic E-state index is 3.78. The first-order chi connectivity index (χ1) is 5.68. The Morgan fingerprint density at radius 2 is 1.69 bits per heavy atom. The molecule has 0 unspecified atom stereocenters. The minimum atomic E-state index is 0. The van der Waals surface area contributed by atoms with Gasteiger partial charge in [0.05, 0.1) is 0 Å². The van der Waals surface area contributed by atoms with Gasteiger partial charge in [0.25, 0.3) is 0 Å². The van der Waals surface area contributed by atoms with E-state index in [9.17, 15) is 0 Å². The third-order valence-electron chi connectivity index (χ3n) is 1.69. The summed E-state index contributed by atoms with van der Waals surface area (Å²) >= 11 is 0. The van der Waals surface area contributed by atoms with Gasteiger partial charge in [-0.25, -0.2) is 0 Å². The van der Waals surface area contributed by atoms with Crippen LogP contribution >= 0.6 is 0 Å². The first-order valence-electron chi connectivity index (χ1n) is 5.26. The molecular weight excluding hydrogens is 168 g/mol. The van der Waals surface area contributed by atoms with Crippen molar-refractivity contribution in [2.24, 2.45) is 5.92 Å². The maximum Gasteiger partial charge on any atom is 2.00 e. The van der Waals surface area contributed by atoms with Gasteiger partial charge in [0.15, 0.2) is 0 Å². The summed E-state index contributed by atoms with van der Waals surface area (Å²) in [5.41, 5.74) is 0. The van der Waals surface area contributed by atoms with E-state index in [0.717, 1.165) is 12.3 Å². The third kappa shape index (κ3) is 32.3. The van der Waals surface area contributed by atoms with E-state index in [1.54, 1.807) is 0 Å². The molecule has 0 aliphatic carbocycles. The molecule has 0 heterocycles. The van der Waals surface area contributed by atoms with Crippen molar-refractivity contribution in [3.8, 4) is 0 Å². The molecular formula is C12H26Mg. The van der Waals surface area contributed by atoms with Crippen LogP contribution in [0.25, 0.3) is 0 Å². The predicted molar refractivity (Wildman–Crippen MR) is 64.7 cm³/mol. The Bertz CT molecular complexity index is 58.1. The summed E-state index contributed by atoms with van der Waals surface area (Å²) in [6.45, 7) is 12.5. The van der Waals surface area contributed by atoms with Gasteiger partial charge < -0.3 is 13.3 Å². The van der Waals surface area contributed by atoms with E-state index >= 15 is 0 Å². The molecule has 0 nitrogen and oxygen atoms in total. The molecule has 1 heteroatoms. The molecule has 0 bridgehead atoms. The summed E-state index contributed by atoms with van der Waals surface area (Å²) in [6, 6.07) is 0. The molecule has 0 N–H and O–H groups in total. The van der Waals surface area contributed by atoms with Crippen LogP contribution in [0.1, 0.15) is 59.8 Å². The number of rotatable bonds is 5. The van der Waals surface area contributed by atoms with E-state index in [0.29, 0.717) is 0 Å². The second-order valence-electron chi connectivity index (χ2n) is 3.56. The largest absolute Gasteiger partial charge is 2.00 e. The smallest absolute Gasteiger partial charge is 0.343 e. The number of hydrogen-bond donors (Lipinski definition) is 0. The van der Waals surface area contributed by atoms with Gasteiger partial charge in [0, 0.05) is 0 Å². The molecule has 0 aliphatic heterocycles. The van der Waals surface area contributed by atoms with Gasteiger partial charge in [0.2, 0.25) is 0 Å². The molecule has 0 fully saturated rings. The summed E-state index contributed by atoms with van der Waals surface area (Å²) in [4.78, 5) is 0. The topological polar surface area (TPSA) is 0 Å². The van der Waals surface area contributed by atoms with E-state index in [-0.39, 0.29) is 23.1 Å². The van der Waals surface area contributed by atoms with Crippen molar-refractivity contribution in [1.29, 1.82) is 0 Å². The molecule has 0 saturated heterocycles. The van der Waals surface area contributed by atoms with Crippen molar-refractivity contribution in [3.05, 3.63) is 13.3 Å². The summed E-state index contributed by atoms with van der Waals surface area (Å²) in [5, 5.41) is 0. The fourth-order valence-electron chi connectivity index (χ4n) is 0.729. The fourth-order valence-corrected chi connectivity index (χ4v) is 0.729. The van der Waals surface area contributed by atoms with Gasteiger partial charge in [-0.15, -0.1) is 0 Å². The Kier molecular flexibility index (Phi) is 27.6. The van der Waals surface area contributed by atoms with E-state index in [1.165, 1.54) is 25.7 Å². The molecule has 0 rings (SSSR count). The summed E-state index contributed by atoms with van der Waals surface area (Å²) in [7, 11) is 0. The second kappa shape index (κ2) is 18.5.